The van der Waals surface area contributed by atoms with Crippen LogP contribution in [0.4, 0.5) is 0 Å². The largest absolute Gasteiger partial charge is 0.496 e. The van der Waals surface area contributed by atoms with E-state index in [0.29, 0.717) is 0 Å². The minimum atomic E-state index is -0.821. The van der Waals surface area contributed by atoms with Crippen molar-refractivity contribution in [1.82, 2.24) is 5.32 Å². The molecule has 0 saturated heterocycles. The van der Waals surface area contributed by atoms with Gasteiger partial charge in [-0.25, -0.2) is 0 Å². The SMILES string of the molecule is CCCNC(CC(=O)O)c1c(OC)ccc2ccccc12. The molecule has 0 amide bonds. The number of carboxylic acids is 1. The van der Waals surface area contributed by atoms with Gasteiger partial charge in [-0.05, 0) is 29.8 Å². The Morgan fingerprint density at radius 3 is 2.71 bits per heavy atom. The smallest absolute Gasteiger partial charge is 0.305 e. The molecule has 0 aliphatic heterocycles. The lowest BCUT2D eigenvalue weighted by Crippen LogP contribution is -2.25. The van der Waals surface area contributed by atoms with Crippen LogP contribution in [0.15, 0.2) is 36.4 Å². The molecule has 1 unspecified atom stereocenters. The predicted molar refractivity (Wildman–Crippen MR) is 83.8 cm³/mol. The summed E-state index contributed by atoms with van der Waals surface area (Å²) in [6, 6.07) is 11.6. The van der Waals surface area contributed by atoms with Crippen LogP contribution in [0, 0.1) is 0 Å². The number of fused-ring (bicyclic) bond motifs is 1. The van der Waals surface area contributed by atoms with E-state index in [4.69, 9.17) is 4.74 Å². The number of nitrogens with one attached hydrogen (secondary N) is 1. The van der Waals surface area contributed by atoms with Crippen LogP contribution in [0.25, 0.3) is 10.8 Å². The van der Waals surface area contributed by atoms with Crippen LogP contribution in [0.1, 0.15) is 31.4 Å². The van der Waals surface area contributed by atoms with Crippen molar-refractivity contribution in [2.75, 3.05) is 13.7 Å². The molecule has 0 bridgehead atoms. The highest BCUT2D eigenvalue weighted by atomic mass is 16.5. The minimum absolute atomic E-state index is 0.0321. The summed E-state index contributed by atoms with van der Waals surface area (Å²) in [6.45, 7) is 2.83. The molecule has 0 fully saturated rings. The molecule has 4 heteroatoms. The van der Waals surface area contributed by atoms with Crippen molar-refractivity contribution in [3.63, 3.8) is 0 Å². The molecule has 0 aliphatic carbocycles. The summed E-state index contributed by atoms with van der Waals surface area (Å²) in [7, 11) is 1.62. The molecule has 4 nitrogen and oxygen atoms in total. The fourth-order valence-corrected chi connectivity index (χ4v) is 2.58. The summed E-state index contributed by atoms with van der Waals surface area (Å²) in [6.07, 6.45) is 0.980. The van der Waals surface area contributed by atoms with Gasteiger partial charge in [-0.1, -0.05) is 37.3 Å². The highest BCUT2D eigenvalue weighted by molar-refractivity contribution is 5.88. The molecule has 0 aliphatic rings. The lowest BCUT2D eigenvalue weighted by Gasteiger charge is -2.21. The van der Waals surface area contributed by atoms with E-state index in [2.05, 4.69) is 12.2 Å². The molecule has 0 saturated carbocycles. The maximum absolute atomic E-state index is 11.2. The van der Waals surface area contributed by atoms with E-state index in [1.54, 1.807) is 7.11 Å². The van der Waals surface area contributed by atoms with Crippen molar-refractivity contribution < 1.29 is 14.6 Å². The Hall–Kier alpha value is -2.07. The van der Waals surface area contributed by atoms with E-state index in [1.165, 1.54) is 0 Å². The van der Waals surface area contributed by atoms with Gasteiger partial charge in [-0.15, -0.1) is 0 Å². The predicted octanol–water partition coefficient (Wildman–Crippen LogP) is 3.36. The van der Waals surface area contributed by atoms with Crippen molar-refractivity contribution in [2.45, 2.75) is 25.8 Å². The van der Waals surface area contributed by atoms with Gasteiger partial charge in [0.1, 0.15) is 5.75 Å². The van der Waals surface area contributed by atoms with E-state index >= 15 is 0 Å². The van der Waals surface area contributed by atoms with Crippen molar-refractivity contribution in [3.05, 3.63) is 42.0 Å². The number of carbonyl (C=O) groups is 1. The molecule has 0 heterocycles. The third kappa shape index (κ3) is 3.52. The van der Waals surface area contributed by atoms with Gasteiger partial charge in [0.05, 0.1) is 13.5 Å². The average molecular weight is 287 g/mol. The standard InChI is InChI=1S/C17H21NO3/c1-3-10-18-14(11-16(19)20)17-13-7-5-4-6-12(13)8-9-15(17)21-2/h4-9,14,18H,3,10-11H2,1-2H3,(H,19,20). The topological polar surface area (TPSA) is 58.6 Å². The number of hydrogen-bond acceptors (Lipinski definition) is 3. The normalized spacial score (nSPS) is 12.3. The number of ether oxygens (including phenoxy) is 1. The van der Waals surface area contributed by atoms with Crippen molar-refractivity contribution in [2.24, 2.45) is 0 Å². The second kappa shape index (κ2) is 7.09. The summed E-state index contributed by atoms with van der Waals surface area (Å²) in [4.78, 5) is 11.2. The van der Waals surface area contributed by atoms with Crippen LogP contribution in [-0.4, -0.2) is 24.7 Å². The Balaban J connectivity index is 2.54. The molecule has 0 aromatic heterocycles. The molecule has 112 valence electrons. The molecular weight excluding hydrogens is 266 g/mol. The maximum Gasteiger partial charge on any atom is 0.305 e. The highest BCUT2D eigenvalue weighted by Crippen LogP contribution is 2.34. The molecule has 0 spiro atoms. The minimum Gasteiger partial charge on any atom is -0.496 e. The van der Waals surface area contributed by atoms with Gasteiger partial charge in [0.15, 0.2) is 0 Å². The third-order valence-corrected chi connectivity index (χ3v) is 3.52. The van der Waals surface area contributed by atoms with Crippen LogP contribution < -0.4 is 10.1 Å². The first-order valence-electron chi connectivity index (χ1n) is 7.18. The van der Waals surface area contributed by atoms with Crippen LogP contribution in [-0.2, 0) is 4.79 Å². The molecule has 21 heavy (non-hydrogen) atoms. The zero-order valence-corrected chi connectivity index (χ0v) is 12.4. The highest BCUT2D eigenvalue weighted by Gasteiger charge is 2.21. The summed E-state index contributed by atoms with van der Waals surface area (Å²) in [5, 5.41) is 14.6. The molecule has 2 aromatic carbocycles. The van der Waals surface area contributed by atoms with E-state index in [0.717, 1.165) is 35.1 Å². The average Bonchev–Trinajstić information content (AvgIpc) is 2.50. The number of benzene rings is 2. The van der Waals surface area contributed by atoms with Gasteiger partial charge in [-0.3, -0.25) is 4.79 Å². The Bertz CT molecular complexity index is 624. The maximum atomic E-state index is 11.2. The molecule has 0 radical (unpaired) electrons. The number of hydrogen-bond donors (Lipinski definition) is 2. The lowest BCUT2D eigenvalue weighted by molar-refractivity contribution is -0.137. The number of carboxylic acid groups (broad SMARTS) is 1. The number of methoxy groups -OCH3 is 1. The van der Waals surface area contributed by atoms with E-state index in [-0.39, 0.29) is 12.5 Å². The van der Waals surface area contributed by atoms with Crippen molar-refractivity contribution >= 4 is 16.7 Å². The first-order valence-corrected chi connectivity index (χ1v) is 7.18. The fraction of sp³-hybridized carbons (Fsp3) is 0.353. The van der Waals surface area contributed by atoms with Gasteiger partial charge in [0, 0.05) is 11.6 Å². The van der Waals surface area contributed by atoms with E-state index in [9.17, 15) is 9.90 Å². The molecule has 1 atom stereocenters. The monoisotopic (exact) mass is 287 g/mol. The second-order valence-corrected chi connectivity index (χ2v) is 5.01. The molecule has 2 N–H and O–H groups in total. The van der Waals surface area contributed by atoms with Crippen LogP contribution in [0.2, 0.25) is 0 Å². The Morgan fingerprint density at radius 1 is 1.29 bits per heavy atom. The van der Waals surface area contributed by atoms with Gasteiger partial charge >= 0.3 is 5.97 Å². The zero-order chi connectivity index (χ0) is 15.2. The fourth-order valence-electron chi connectivity index (χ4n) is 2.58. The molecule has 2 rings (SSSR count). The van der Waals surface area contributed by atoms with Gasteiger partial charge in [-0.2, -0.15) is 0 Å². The van der Waals surface area contributed by atoms with Crippen LogP contribution in [0.3, 0.4) is 0 Å². The Morgan fingerprint density at radius 2 is 2.05 bits per heavy atom. The van der Waals surface area contributed by atoms with Gasteiger partial charge < -0.3 is 15.2 Å². The molecule has 2 aromatic rings. The van der Waals surface area contributed by atoms with Gasteiger partial charge in [0.2, 0.25) is 0 Å². The van der Waals surface area contributed by atoms with E-state index < -0.39 is 5.97 Å². The third-order valence-electron chi connectivity index (χ3n) is 3.52. The first kappa shape index (κ1) is 15.3. The van der Waals surface area contributed by atoms with E-state index in [1.807, 2.05) is 36.4 Å². The van der Waals surface area contributed by atoms with Crippen LogP contribution >= 0.6 is 0 Å². The zero-order valence-electron chi connectivity index (χ0n) is 12.4. The summed E-state index contributed by atoms with van der Waals surface area (Å²) >= 11 is 0. The van der Waals surface area contributed by atoms with Crippen molar-refractivity contribution in [1.29, 1.82) is 0 Å². The Labute approximate surface area is 124 Å². The molecular formula is C17H21NO3. The Kier molecular flexibility index (Phi) is 5.17. The van der Waals surface area contributed by atoms with Crippen LogP contribution in [0.5, 0.6) is 5.75 Å². The summed E-state index contributed by atoms with van der Waals surface area (Å²) in [5.74, 6) is -0.0952. The first-order chi connectivity index (χ1) is 10.2. The van der Waals surface area contributed by atoms with Crippen molar-refractivity contribution in [3.8, 4) is 5.75 Å². The number of rotatable bonds is 7. The lowest BCUT2D eigenvalue weighted by atomic mass is 9.95. The summed E-state index contributed by atoms with van der Waals surface area (Å²) < 4.78 is 5.46. The summed E-state index contributed by atoms with van der Waals surface area (Å²) in [5.41, 5.74) is 0.923. The van der Waals surface area contributed by atoms with Gasteiger partial charge in [0.25, 0.3) is 0 Å². The number of aliphatic carboxylic acids is 1. The second-order valence-electron chi connectivity index (χ2n) is 5.01. The quantitative estimate of drug-likeness (QED) is 0.819.